The average molecular weight is 346 g/mol. The van der Waals surface area contributed by atoms with Crippen LogP contribution in [0.2, 0.25) is 0 Å². The third-order valence-corrected chi connectivity index (χ3v) is 4.85. The van der Waals surface area contributed by atoms with Crippen LogP contribution in [0.3, 0.4) is 0 Å². The van der Waals surface area contributed by atoms with E-state index in [0.717, 1.165) is 11.1 Å². The van der Waals surface area contributed by atoms with E-state index in [-0.39, 0.29) is 11.5 Å². The maximum Gasteiger partial charge on any atom is 0.297 e. The van der Waals surface area contributed by atoms with E-state index >= 15 is 0 Å². The molecule has 2 aromatic carbocycles. The topological polar surface area (TPSA) is 77.0 Å². The van der Waals surface area contributed by atoms with Crippen LogP contribution < -0.4 is 5.32 Å². The maximum absolute atomic E-state index is 12.1. The van der Waals surface area contributed by atoms with E-state index in [1.165, 1.54) is 12.1 Å². The number of oxime groups is 1. The van der Waals surface area contributed by atoms with Crippen LogP contribution in [0.4, 0.5) is 0 Å². The molecule has 3 rings (SSSR count). The van der Waals surface area contributed by atoms with Gasteiger partial charge in [-0.25, -0.2) is 0 Å². The molecule has 1 unspecified atom stereocenters. The van der Waals surface area contributed by atoms with Gasteiger partial charge in [0.2, 0.25) is 0 Å². The van der Waals surface area contributed by atoms with Gasteiger partial charge < -0.3 is 10.2 Å². The summed E-state index contributed by atoms with van der Waals surface area (Å²) in [6.45, 7) is 2.20. The number of hydrogen-bond acceptors (Lipinski definition) is 6. The molecule has 0 radical (unpaired) electrons. The van der Waals surface area contributed by atoms with Gasteiger partial charge in [-0.1, -0.05) is 53.2 Å². The molecule has 6 nitrogen and oxygen atoms in total. The van der Waals surface area contributed by atoms with E-state index in [9.17, 15) is 8.42 Å². The fraction of sp³-hybridized carbons (Fsp3) is 0.235. The molecule has 1 aliphatic heterocycles. The van der Waals surface area contributed by atoms with E-state index in [1.54, 1.807) is 12.1 Å². The lowest BCUT2D eigenvalue weighted by Gasteiger charge is -2.22. The molecule has 0 aromatic heterocycles. The molecule has 1 N–H and O–H groups in total. The smallest absolute Gasteiger partial charge is 0.297 e. The molecule has 0 spiro atoms. The van der Waals surface area contributed by atoms with Crippen LogP contribution in [0.15, 0.2) is 64.6 Å². The first-order valence-electron chi connectivity index (χ1n) is 7.54. The minimum Gasteiger partial charge on any atom is -0.386 e. The summed E-state index contributed by atoms with van der Waals surface area (Å²) in [6.07, 6.45) is -0.474. The molecule has 0 amide bonds. The van der Waals surface area contributed by atoms with Gasteiger partial charge in [0.1, 0.15) is 6.61 Å². The largest absolute Gasteiger partial charge is 0.386 e. The van der Waals surface area contributed by atoms with Gasteiger partial charge in [-0.05, 0) is 19.1 Å². The standard InChI is InChI=1S/C17H18N2O4S/c1-13-7-9-16(10-8-13)24(20,21)22-12-15-11-18-17(19-23-15)14-5-3-2-4-6-14/h2-10,15H,11-12H2,1H3,(H,18,19). The van der Waals surface area contributed by atoms with Crippen molar-refractivity contribution in [2.24, 2.45) is 5.16 Å². The van der Waals surface area contributed by atoms with Crippen molar-refractivity contribution in [1.29, 1.82) is 0 Å². The number of nitrogens with zero attached hydrogens (tertiary/aromatic N) is 1. The van der Waals surface area contributed by atoms with Gasteiger partial charge in [-0.2, -0.15) is 8.42 Å². The first-order valence-corrected chi connectivity index (χ1v) is 8.95. The second-order valence-electron chi connectivity index (χ2n) is 5.47. The molecular weight excluding hydrogens is 328 g/mol. The van der Waals surface area contributed by atoms with Gasteiger partial charge in [-0.3, -0.25) is 4.18 Å². The van der Waals surface area contributed by atoms with Gasteiger partial charge in [0, 0.05) is 5.56 Å². The van der Waals surface area contributed by atoms with Crippen molar-refractivity contribution in [2.75, 3.05) is 13.2 Å². The predicted octanol–water partition coefficient (Wildman–Crippen LogP) is 2.05. The first kappa shape index (κ1) is 16.5. The third-order valence-electron chi connectivity index (χ3n) is 3.56. The molecule has 0 aliphatic carbocycles. The number of aryl methyl sites for hydroxylation is 1. The lowest BCUT2D eigenvalue weighted by atomic mass is 10.2. The molecule has 0 fully saturated rings. The first-order chi connectivity index (χ1) is 11.5. The van der Waals surface area contributed by atoms with E-state index in [0.29, 0.717) is 12.4 Å². The van der Waals surface area contributed by atoms with Gasteiger partial charge in [0.05, 0.1) is 11.4 Å². The quantitative estimate of drug-likeness (QED) is 0.839. The van der Waals surface area contributed by atoms with Crippen molar-refractivity contribution < 1.29 is 17.4 Å². The van der Waals surface area contributed by atoms with Crippen molar-refractivity contribution in [3.05, 3.63) is 65.7 Å². The minimum atomic E-state index is -3.80. The Balaban J connectivity index is 1.58. The average Bonchev–Trinajstić information content (AvgIpc) is 2.62. The molecule has 24 heavy (non-hydrogen) atoms. The number of hydrogen-bond donors (Lipinski definition) is 1. The summed E-state index contributed by atoms with van der Waals surface area (Å²) < 4.78 is 29.3. The molecule has 0 saturated carbocycles. The minimum absolute atomic E-state index is 0.102. The number of benzene rings is 2. The Hall–Kier alpha value is -2.38. The predicted molar refractivity (Wildman–Crippen MR) is 90.2 cm³/mol. The number of amidine groups is 1. The monoisotopic (exact) mass is 346 g/mol. The fourth-order valence-corrected chi connectivity index (χ4v) is 3.12. The van der Waals surface area contributed by atoms with Crippen molar-refractivity contribution in [3.63, 3.8) is 0 Å². The normalized spacial score (nSPS) is 17.5. The van der Waals surface area contributed by atoms with Crippen LogP contribution in [0, 0.1) is 6.92 Å². The lowest BCUT2D eigenvalue weighted by molar-refractivity contribution is 0.0194. The SMILES string of the molecule is Cc1ccc(S(=O)(=O)OCC2CNC(c3ccccc3)=NO2)cc1. The molecule has 0 saturated heterocycles. The zero-order chi connectivity index (χ0) is 17.0. The maximum atomic E-state index is 12.1. The third kappa shape index (κ3) is 3.93. The molecule has 1 aliphatic rings. The van der Waals surface area contributed by atoms with Gasteiger partial charge in [0.25, 0.3) is 10.1 Å². The number of rotatable bonds is 5. The second-order valence-corrected chi connectivity index (χ2v) is 7.08. The summed E-state index contributed by atoms with van der Waals surface area (Å²) >= 11 is 0. The zero-order valence-corrected chi connectivity index (χ0v) is 14.0. The molecule has 7 heteroatoms. The molecule has 1 atom stereocenters. The van der Waals surface area contributed by atoms with Crippen molar-refractivity contribution >= 4 is 16.0 Å². The Morgan fingerprint density at radius 3 is 2.50 bits per heavy atom. The zero-order valence-electron chi connectivity index (χ0n) is 13.2. The Morgan fingerprint density at radius 1 is 1.17 bits per heavy atom. The number of nitrogens with one attached hydrogen (secondary N) is 1. The van der Waals surface area contributed by atoms with Crippen molar-refractivity contribution in [2.45, 2.75) is 17.9 Å². The molecule has 2 aromatic rings. The Labute approximate surface area is 141 Å². The second kappa shape index (κ2) is 7.02. The van der Waals surface area contributed by atoms with Crippen LogP contribution in [0.1, 0.15) is 11.1 Å². The highest BCUT2D eigenvalue weighted by molar-refractivity contribution is 7.86. The molecule has 126 valence electrons. The molecular formula is C17H18N2O4S. The summed E-state index contributed by atoms with van der Waals surface area (Å²) in [4.78, 5) is 5.46. The van der Waals surface area contributed by atoms with Crippen molar-refractivity contribution in [1.82, 2.24) is 5.32 Å². The fourth-order valence-electron chi connectivity index (χ4n) is 2.19. The van der Waals surface area contributed by atoms with Crippen molar-refractivity contribution in [3.8, 4) is 0 Å². The van der Waals surface area contributed by atoms with E-state index in [2.05, 4.69) is 10.5 Å². The van der Waals surface area contributed by atoms with Gasteiger partial charge in [-0.15, -0.1) is 0 Å². The Morgan fingerprint density at radius 2 is 1.88 bits per heavy atom. The highest BCUT2D eigenvalue weighted by atomic mass is 32.2. The lowest BCUT2D eigenvalue weighted by Crippen LogP contribution is -2.41. The molecule has 0 bridgehead atoms. The van der Waals surface area contributed by atoms with Crippen LogP contribution in [-0.4, -0.2) is 33.5 Å². The van der Waals surface area contributed by atoms with Crippen LogP contribution in [-0.2, 0) is 19.1 Å². The summed E-state index contributed by atoms with van der Waals surface area (Å²) in [5.41, 5.74) is 1.89. The summed E-state index contributed by atoms with van der Waals surface area (Å²) in [5, 5.41) is 7.12. The summed E-state index contributed by atoms with van der Waals surface area (Å²) in [7, 11) is -3.80. The van der Waals surface area contributed by atoms with Crippen LogP contribution in [0.5, 0.6) is 0 Å². The Bertz CT molecular complexity index is 817. The Kier molecular flexibility index (Phi) is 4.82. The van der Waals surface area contributed by atoms with E-state index < -0.39 is 16.2 Å². The van der Waals surface area contributed by atoms with Gasteiger partial charge >= 0.3 is 0 Å². The van der Waals surface area contributed by atoms with Crippen LogP contribution >= 0.6 is 0 Å². The highest BCUT2D eigenvalue weighted by Gasteiger charge is 2.22. The van der Waals surface area contributed by atoms with Gasteiger partial charge in [0.15, 0.2) is 11.9 Å². The highest BCUT2D eigenvalue weighted by Crippen LogP contribution is 2.14. The van der Waals surface area contributed by atoms with Crippen LogP contribution in [0.25, 0.3) is 0 Å². The summed E-state index contributed by atoms with van der Waals surface area (Å²) in [6, 6.07) is 16.1. The summed E-state index contributed by atoms with van der Waals surface area (Å²) in [5.74, 6) is 0.619. The van der Waals surface area contributed by atoms with E-state index in [1.807, 2.05) is 37.3 Å². The molecule has 1 heterocycles. The van der Waals surface area contributed by atoms with E-state index in [4.69, 9.17) is 9.02 Å².